The highest BCUT2D eigenvalue weighted by Gasteiger charge is 2.02. The average molecular weight is 239 g/mol. The van der Waals surface area contributed by atoms with Crippen LogP contribution >= 0.6 is 0 Å². The molecule has 0 unspecified atom stereocenters. The maximum Gasteiger partial charge on any atom is 0.452 e. The zero-order valence-electron chi connectivity index (χ0n) is 9.01. The van der Waals surface area contributed by atoms with Crippen molar-refractivity contribution >= 4 is 17.8 Å². The van der Waals surface area contributed by atoms with Crippen molar-refractivity contribution in [1.82, 2.24) is 0 Å². The highest BCUT2D eigenvalue weighted by Crippen LogP contribution is 2.08. The number of nitrogens with one attached hydrogen (secondary N) is 1. The fourth-order valence-corrected chi connectivity index (χ4v) is 0.920. The van der Waals surface area contributed by atoms with Crippen molar-refractivity contribution in [3.05, 3.63) is 30.1 Å². The molecule has 90 valence electrons. The van der Waals surface area contributed by atoms with E-state index in [1.165, 1.54) is 24.3 Å². The molecule has 17 heavy (non-hydrogen) atoms. The van der Waals surface area contributed by atoms with E-state index in [1.54, 1.807) is 6.92 Å². The average Bonchev–Trinajstić information content (AvgIpc) is 2.30. The summed E-state index contributed by atoms with van der Waals surface area (Å²) in [6.07, 6.45) is -0.943. The molecule has 7 heteroatoms. The summed E-state index contributed by atoms with van der Waals surface area (Å²) in [4.78, 5) is 21.9. The van der Waals surface area contributed by atoms with E-state index in [1.807, 2.05) is 0 Å². The van der Waals surface area contributed by atoms with Gasteiger partial charge in [-0.3, -0.25) is 0 Å². The number of carbonyl (C=O) groups excluding carboxylic acids is 2. The van der Waals surface area contributed by atoms with Crippen molar-refractivity contribution in [2.75, 3.05) is 11.9 Å². The second kappa shape index (κ2) is 6.31. The first-order chi connectivity index (χ1) is 8.11. The molecule has 0 aliphatic rings. The lowest BCUT2D eigenvalue weighted by Gasteiger charge is -1.99. The van der Waals surface area contributed by atoms with Crippen LogP contribution in [0.15, 0.2) is 34.5 Å². The van der Waals surface area contributed by atoms with Gasteiger partial charge in [0.05, 0.1) is 6.61 Å². The fraction of sp³-hybridized carbons (Fsp3) is 0.200. The Bertz CT molecular complexity index is 431. The van der Waals surface area contributed by atoms with Crippen molar-refractivity contribution in [3.63, 3.8) is 0 Å². The molecule has 0 aliphatic heterocycles. The molecule has 0 heterocycles. The van der Waals surface area contributed by atoms with Gasteiger partial charge in [-0.1, -0.05) is 10.2 Å². The van der Waals surface area contributed by atoms with Crippen LogP contribution in [0.25, 0.3) is 0 Å². The molecular weight excluding hydrogens is 229 g/mol. The largest absolute Gasteiger partial charge is 0.452 e. The third-order valence-corrected chi connectivity index (χ3v) is 1.59. The predicted molar refractivity (Wildman–Crippen MR) is 57.3 cm³/mol. The zero-order chi connectivity index (χ0) is 12.7. The minimum atomic E-state index is -0.943. The Morgan fingerprint density at radius 3 is 2.53 bits per heavy atom. The maximum absolute atomic E-state index is 12.5. The van der Waals surface area contributed by atoms with E-state index < -0.39 is 17.9 Å². The van der Waals surface area contributed by atoms with E-state index >= 15 is 0 Å². The highest BCUT2D eigenvalue weighted by molar-refractivity contribution is 5.90. The molecule has 0 saturated heterocycles. The highest BCUT2D eigenvalue weighted by atomic mass is 19.1. The third kappa shape index (κ3) is 4.83. The minimum absolute atomic E-state index is 0.150. The van der Waals surface area contributed by atoms with Gasteiger partial charge in [-0.05, 0) is 31.2 Å². The first kappa shape index (κ1) is 12.8. The number of rotatable bonds is 2. The Kier molecular flexibility index (Phi) is 4.74. The molecule has 0 saturated carbocycles. The molecule has 0 fully saturated rings. The van der Waals surface area contributed by atoms with E-state index in [0.717, 1.165) is 0 Å². The van der Waals surface area contributed by atoms with Crippen molar-refractivity contribution in [2.45, 2.75) is 6.92 Å². The summed E-state index contributed by atoms with van der Waals surface area (Å²) in [5.74, 6) is -0.420. The Hall–Kier alpha value is -2.31. The van der Waals surface area contributed by atoms with E-state index in [9.17, 15) is 14.0 Å². The van der Waals surface area contributed by atoms with E-state index in [2.05, 4.69) is 20.3 Å². The number of carbonyl (C=O) groups is 2. The number of amides is 3. The summed E-state index contributed by atoms with van der Waals surface area (Å²) in [6.45, 7) is 1.75. The lowest BCUT2D eigenvalue weighted by atomic mass is 10.3. The van der Waals surface area contributed by atoms with Crippen molar-refractivity contribution in [2.24, 2.45) is 10.2 Å². The number of benzene rings is 1. The molecule has 1 rings (SSSR count). The molecular formula is C10H10FN3O3. The van der Waals surface area contributed by atoms with E-state index in [4.69, 9.17) is 0 Å². The van der Waals surface area contributed by atoms with Gasteiger partial charge < -0.3 is 10.1 Å². The van der Waals surface area contributed by atoms with Gasteiger partial charge in [0.2, 0.25) is 0 Å². The Morgan fingerprint density at radius 1 is 1.29 bits per heavy atom. The van der Waals surface area contributed by atoms with Crippen molar-refractivity contribution < 1.29 is 18.7 Å². The number of anilines is 1. The first-order valence-electron chi connectivity index (χ1n) is 4.77. The molecule has 1 N–H and O–H groups in total. The molecule has 1 aromatic carbocycles. The minimum Gasteiger partial charge on any atom is -0.447 e. The number of urea groups is 1. The summed E-state index contributed by atoms with van der Waals surface area (Å²) in [6, 6.07) is 4.22. The van der Waals surface area contributed by atoms with Crippen LogP contribution in [-0.4, -0.2) is 18.7 Å². The first-order valence-corrected chi connectivity index (χ1v) is 4.77. The van der Waals surface area contributed by atoms with Crippen LogP contribution in [-0.2, 0) is 4.74 Å². The molecule has 0 spiro atoms. The monoisotopic (exact) mass is 239 g/mol. The number of nitrogens with zero attached hydrogens (tertiary/aromatic N) is 2. The molecule has 1 aromatic rings. The normalized spacial score (nSPS) is 10.2. The van der Waals surface area contributed by atoms with Gasteiger partial charge >= 0.3 is 12.1 Å². The van der Waals surface area contributed by atoms with E-state index in [0.29, 0.717) is 5.69 Å². The summed E-state index contributed by atoms with van der Waals surface area (Å²) in [7, 11) is 0. The Balaban J connectivity index is 2.49. The SMILES string of the molecule is CCOC(=O)/N=N/C(=O)Nc1ccc(F)cc1. The number of ether oxygens (including phenoxy) is 1. The third-order valence-electron chi connectivity index (χ3n) is 1.59. The van der Waals surface area contributed by atoms with Crippen LogP contribution in [0, 0.1) is 5.82 Å². The van der Waals surface area contributed by atoms with Crippen LogP contribution in [0.5, 0.6) is 0 Å². The maximum atomic E-state index is 12.5. The second-order valence-electron chi connectivity index (χ2n) is 2.84. The smallest absolute Gasteiger partial charge is 0.447 e. The van der Waals surface area contributed by atoms with Gasteiger partial charge in [0.1, 0.15) is 5.82 Å². The number of halogens is 1. The molecule has 0 aliphatic carbocycles. The summed E-state index contributed by atoms with van der Waals surface area (Å²) in [5, 5.41) is 8.37. The summed E-state index contributed by atoms with van der Waals surface area (Å²) >= 11 is 0. The number of azo groups is 1. The lowest BCUT2D eigenvalue weighted by Crippen LogP contribution is -2.06. The van der Waals surface area contributed by atoms with Crippen LogP contribution < -0.4 is 5.32 Å². The number of hydrogen-bond donors (Lipinski definition) is 1. The molecule has 0 bridgehead atoms. The fourth-order valence-electron chi connectivity index (χ4n) is 0.920. The molecule has 0 radical (unpaired) electrons. The van der Waals surface area contributed by atoms with Crippen LogP contribution in [0.3, 0.4) is 0 Å². The quantitative estimate of drug-likeness (QED) is 0.805. The standard InChI is InChI=1S/C10H10FN3O3/c1-2-17-10(16)14-13-9(15)12-8-5-3-7(11)4-6-8/h3-6H,2H2,1H3,(H,12,15)/b14-13+. The van der Waals surface area contributed by atoms with Gasteiger partial charge in [0.15, 0.2) is 0 Å². The van der Waals surface area contributed by atoms with Gasteiger partial charge in [0.25, 0.3) is 0 Å². The van der Waals surface area contributed by atoms with E-state index in [-0.39, 0.29) is 6.61 Å². The van der Waals surface area contributed by atoms with Gasteiger partial charge in [-0.15, -0.1) is 0 Å². The molecule has 0 aromatic heterocycles. The van der Waals surface area contributed by atoms with Crippen molar-refractivity contribution in [3.8, 4) is 0 Å². The molecule has 3 amide bonds. The second-order valence-corrected chi connectivity index (χ2v) is 2.84. The number of hydrogen-bond acceptors (Lipinski definition) is 3. The van der Waals surface area contributed by atoms with Crippen molar-refractivity contribution in [1.29, 1.82) is 0 Å². The van der Waals surface area contributed by atoms with Gasteiger partial charge in [-0.2, -0.15) is 0 Å². The Labute approximate surface area is 96.5 Å². The summed E-state index contributed by atoms with van der Waals surface area (Å²) < 4.78 is 17.0. The predicted octanol–water partition coefficient (Wildman–Crippen LogP) is 2.97. The lowest BCUT2D eigenvalue weighted by molar-refractivity contribution is 0.161. The van der Waals surface area contributed by atoms with Crippen LogP contribution in [0.2, 0.25) is 0 Å². The zero-order valence-corrected chi connectivity index (χ0v) is 9.01. The topological polar surface area (TPSA) is 80.1 Å². The molecule has 6 nitrogen and oxygen atoms in total. The molecule has 0 atom stereocenters. The van der Waals surface area contributed by atoms with Crippen LogP contribution in [0.1, 0.15) is 6.92 Å². The van der Waals surface area contributed by atoms with Gasteiger partial charge in [0, 0.05) is 5.69 Å². The summed E-state index contributed by atoms with van der Waals surface area (Å²) in [5.41, 5.74) is 0.346. The van der Waals surface area contributed by atoms with Crippen LogP contribution in [0.4, 0.5) is 19.7 Å². The van der Waals surface area contributed by atoms with Gasteiger partial charge in [-0.25, -0.2) is 14.0 Å². The Morgan fingerprint density at radius 2 is 1.94 bits per heavy atom.